The second-order valence-electron chi connectivity index (χ2n) is 7.75. The van der Waals surface area contributed by atoms with Crippen molar-refractivity contribution in [2.45, 2.75) is 6.92 Å². The van der Waals surface area contributed by atoms with E-state index in [2.05, 4.69) is 10.3 Å². The number of thioether (sulfide) groups is 1. The van der Waals surface area contributed by atoms with Gasteiger partial charge in [-0.05, 0) is 60.5 Å². The van der Waals surface area contributed by atoms with Gasteiger partial charge >= 0.3 is 0 Å². The highest BCUT2D eigenvalue weighted by Gasteiger charge is 2.32. The molecule has 0 spiro atoms. The Bertz CT molecular complexity index is 1300. The molecule has 1 aliphatic heterocycles. The molecule has 1 N–H and O–H groups in total. The summed E-state index contributed by atoms with van der Waals surface area (Å²) in [6.45, 7) is 1.96. The lowest BCUT2D eigenvalue weighted by Gasteiger charge is -2.18. The Kier molecular flexibility index (Phi) is 7.52. The zero-order chi connectivity index (χ0) is 24.8. The van der Waals surface area contributed by atoms with Crippen LogP contribution in [0.3, 0.4) is 0 Å². The van der Waals surface area contributed by atoms with E-state index in [0.717, 1.165) is 22.6 Å². The van der Waals surface area contributed by atoms with Gasteiger partial charge in [0.05, 0.1) is 25.7 Å². The van der Waals surface area contributed by atoms with Crippen LogP contribution >= 0.6 is 11.8 Å². The molecule has 0 aliphatic carbocycles. The zero-order valence-electron chi connectivity index (χ0n) is 19.6. The highest BCUT2D eigenvalue weighted by molar-refractivity contribution is 8.14. The smallest absolute Gasteiger partial charge is 0.283 e. The fourth-order valence-electron chi connectivity index (χ4n) is 3.48. The lowest BCUT2D eigenvalue weighted by Crippen LogP contribution is -2.31. The number of hydrogen-bond donors (Lipinski definition) is 1. The van der Waals surface area contributed by atoms with Gasteiger partial charge in [0, 0.05) is 11.8 Å². The predicted octanol–water partition coefficient (Wildman–Crippen LogP) is 5.13. The van der Waals surface area contributed by atoms with Crippen molar-refractivity contribution in [2.24, 2.45) is 4.99 Å². The third-order valence-corrected chi connectivity index (χ3v) is 6.13. The van der Waals surface area contributed by atoms with Crippen LogP contribution in [0.15, 0.2) is 83.5 Å². The number of ether oxygens (including phenoxy) is 2. The Morgan fingerprint density at radius 3 is 2.46 bits per heavy atom. The van der Waals surface area contributed by atoms with E-state index in [1.54, 1.807) is 44.6 Å². The summed E-state index contributed by atoms with van der Waals surface area (Å²) in [7, 11) is 3.17. The average Bonchev–Trinajstić information content (AvgIpc) is 3.18. The number of aliphatic imine (C=N–C) groups is 1. The van der Waals surface area contributed by atoms with E-state index in [4.69, 9.17) is 9.47 Å². The summed E-state index contributed by atoms with van der Waals surface area (Å²) >= 11 is 1.20. The summed E-state index contributed by atoms with van der Waals surface area (Å²) in [4.78, 5) is 32.1. The summed E-state index contributed by atoms with van der Waals surface area (Å²) in [6, 6.07) is 22.1. The number of aryl methyl sites for hydroxylation is 1. The van der Waals surface area contributed by atoms with Gasteiger partial charge in [0.2, 0.25) is 5.91 Å². The van der Waals surface area contributed by atoms with E-state index in [1.165, 1.54) is 16.7 Å². The average molecular weight is 488 g/mol. The number of hydrogen-bond acceptors (Lipinski definition) is 6. The first-order valence-electron chi connectivity index (χ1n) is 10.9. The fourth-order valence-corrected chi connectivity index (χ4v) is 4.29. The number of methoxy groups -OCH3 is 2. The second kappa shape index (κ2) is 10.9. The maximum Gasteiger partial charge on any atom is 0.283 e. The third kappa shape index (κ3) is 5.91. The van der Waals surface area contributed by atoms with E-state index in [0.29, 0.717) is 16.6 Å². The molecule has 3 aromatic carbocycles. The van der Waals surface area contributed by atoms with Crippen molar-refractivity contribution in [2.75, 3.05) is 30.2 Å². The van der Waals surface area contributed by atoms with Crippen LogP contribution in [-0.4, -0.2) is 37.0 Å². The van der Waals surface area contributed by atoms with E-state index in [1.807, 2.05) is 55.5 Å². The van der Waals surface area contributed by atoms with Gasteiger partial charge in [-0.1, -0.05) is 42.1 Å². The Labute approximate surface area is 208 Å². The molecule has 0 atom stereocenters. The van der Waals surface area contributed by atoms with Crippen LogP contribution in [0.25, 0.3) is 6.08 Å². The lowest BCUT2D eigenvalue weighted by atomic mass is 10.2. The molecular formula is C27H25N3O4S. The first-order chi connectivity index (χ1) is 17.0. The minimum absolute atomic E-state index is 0.0936. The summed E-state index contributed by atoms with van der Waals surface area (Å²) < 4.78 is 10.5. The third-order valence-electron chi connectivity index (χ3n) is 5.19. The SMILES string of the molecule is COc1ccc(/C=C2\N=C(SCC(=O)Nc3cccc(C)c3)N(c3cccc(OC)c3)C2=O)cc1. The van der Waals surface area contributed by atoms with Gasteiger partial charge in [0.15, 0.2) is 5.17 Å². The van der Waals surface area contributed by atoms with Gasteiger partial charge in [0.1, 0.15) is 17.2 Å². The number of benzene rings is 3. The van der Waals surface area contributed by atoms with Gasteiger partial charge < -0.3 is 14.8 Å². The molecular weight excluding hydrogens is 462 g/mol. The molecule has 4 rings (SSSR count). The first kappa shape index (κ1) is 24.1. The minimum Gasteiger partial charge on any atom is -0.497 e. The highest BCUT2D eigenvalue weighted by atomic mass is 32.2. The molecule has 8 heteroatoms. The number of nitrogens with zero attached hydrogens (tertiary/aromatic N) is 2. The van der Waals surface area contributed by atoms with E-state index < -0.39 is 0 Å². The molecule has 0 unspecified atom stereocenters. The monoisotopic (exact) mass is 487 g/mol. The van der Waals surface area contributed by atoms with Crippen molar-refractivity contribution >= 4 is 46.2 Å². The van der Waals surface area contributed by atoms with E-state index in [-0.39, 0.29) is 23.3 Å². The number of amides is 2. The van der Waals surface area contributed by atoms with Crippen LogP contribution in [0.4, 0.5) is 11.4 Å². The number of nitrogens with one attached hydrogen (secondary N) is 1. The van der Waals surface area contributed by atoms with Crippen LogP contribution in [0.1, 0.15) is 11.1 Å². The molecule has 0 bridgehead atoms. The first-order valence-corrected chi connectivity index (χ1v) is 11.9. The van der Waals surface area contributed by atoms with Crippen molar-refractivity contribution in [1.29, 1.82) is 0 Å². The molecule has 0 saturated heterocycles. The van der Waals surface area contributed by atoms with Crippen molar-refractivity contribution in [3.63, 3.8) is 0 Å². The molecule has 1 aliphatic rings. The molecule has 0 saturated carbocycles. The number of rotatable bonds is 7. The fraction of sp³-hybridized carbons (Fsp3) is 0.148. The topological polar surface area (TPSA) is 80.2 Å². The summed E-state index contributed by atoms with van der Waals surface area (Å²) in [6.07, 6.45) is 1.72. The van der Waals surface area contributed by atoms with Gasteiger partial charge in [-0.25, -0.2) is 4.99 Å². The van der Waals surface area contributed by atoms with Crippen LogP contribution in [-0.2, 0) is 9.59 Å². The molecule has 3 aromatic rings. The summed E-state index contributed by atoms with van der Waals surface area (Å²) in [5.74, 6) is 0.965. The molecule has 0 aromatic heterocycles. The Morgan fingerprint density at radius 1 is 1.00 bits per heavy atom. The van der Waals surface area contributed by atoms with Gasteiger partial charge in [-0.15, -0.1) is 0 Å². The second-order valence-corrected chi connectivity index (χ2v) is 8.69. The highest BCUT2D eigenvalue weighted by Crippen LogP contribution is 2.31. The Hall–Kier alpha value is -4.04. The van der Waals surface area contributed by atoms with Crippen molar-refractivity contribution < 1.29 is 19.1 Å². The van der Waals surface area contributed by atoms with Crippen LogP contribution in [0.5, 0.6) is 11.5 Å². The minimum atomic E-state index is -0.282. The maximum atomic E-state index is 13.4. The number of amidine groups is 1. The number of carbonyl (C=O) groups is 2. The summed E-state index contributed by atoms with van der Waals surface area (Å²) in [5, 5.41) is 3.31. The summed E-state index contributed by atoms with van der Waals surface area (Å²) in [5.41, 5.74) is 3.48. The number of anilines is 2. The van der Waals surface area contributed by atoms with Crippen LogP contribution < -0.4 is 19.7 Å². The van der Waals surface area contributed by atoms with Crippen molar-refractivity contribution in [3.05, 3.63) is 89.6 Å². The number of carbonyl (C=O) groups excluding carboxylic acids is 2. The molecule has 2 amide bonds. The standard InChI is InChI=1S/C27H25N3O4S/c1-18-6-4-7-20(14-18)28-25(31)17-35-27-29-24(15-19-10-12-22(33-2)13-11-19)26(32)30(27)21-8-5-9-23(16-21)34-3/h4-16H,17H2,1-3H3,(H,28,31)/b24-15-. The van der Waals surface area contributed by atoms with Gasteiger partial charge in [-0.2, -0.15) is 0 Å². The van der Waals surface area contributed by atoms with Crippen molar-refractivity contribution in [1.82, 2.24) is 0 Å². The van der Waals surface area contributed by atoms with Crippen molar-refractivity contribution in [3.8, 4) is 11.5 Å². The van der Waals surface area contributed by atoms with E-state index in [9.17, 15) is 9.59 Å². The predicted molar refractivity (Wildman–Crippen MR) is 141 cm³/mol. The molecule has 1 heterocycles. The Balaban J connectivity index is 1.58. The maximum absolute atomic E-state index is 13.4. The van der Waals surface area contributed by atoms with E-state index >= 15 is 0 Å². The van der Waals surface area contributed by atoms with Gasteiger partial charge in [0.25, 0.3) is 5.91 Å². The molecule has 0 radical (unpaired) electrons. The quantitative estimate of drug-likeness (QED) is 0.468. The molecule has 7 nitrogen and oxygen atoms in total. The molecule has 35 heavy (non-hydrogen) atoms. The zero-order valence-corrected chi connectivity index (χ0v) is 20.5. The largest absolute Gasteiger partial charge is 0.497 e. The van der Waals surface area contributed by atoms with Crippen LogP contribution in [0, 0.1) is 6.92 Å². The van der Waals surface area contributed by atoms with Crippen LogP contribution in [0.2, 0.25) is 0 Å². The lowest BCUT2D eigenvalue weighted by molar-refractivity contribution is -0.114. The molecule has 178 valence electrons. The molecule has 0 fully saturated rings. The van der Waals surface area contributed by atoms with Gasteiger partial charge in [-0.3, -0.25) is 14.5 Å². The normalized spacial score (nSPS) is 14.1. The Morgan fingerprint density at radius 2 is 1.74 bits per heavy atom.